The average Bonchev–Trinajstić information content (AvgIpc) is 2.71. The van der Waals surface area contributed by atoms with Crippen molar-refractivity contribution < 1.29 is 14.5 Å². The minimum atomic E-state index is -0.600. The zero-order chi connectivity index (χ0) is 22.4. The number of hydrogen-bond donors (Lipinski definition) is 2. The maximum atomic E-state index is 12.4. The van der Waals surface area contributed by atoms with E-state index in [-0.39, 0.29) is 30.1 Å². The number of halogens is 2. The molecule has 2 amide bonds. The Bertz CT molecular complexity index is 1120. The summed E-state index contributed by atoms with van der Waals surface area (Å²) in [5.74, 6) is -0.746. The number of benzene rings is 3. The Labute approximate surface area is 188 Å². The molecular formula is C22H17Cl2N3O4. The van der Waals surface area contributed by atoms with Gasteiger partial charge < -0.3 is 10.6 Å². The smallest absolute Gasteiger partial charge is 0.292 e. The van der Waals surface area contributed by atoms with Crippen molar-refractivity contribution in [1.82, 2.24) is 0 Å². The van der Waals surface area contributed by atoms with Crippen LogP contribution in [0.4, 0.5) is 17.1 Å². The molecule has 3 aromatic rings. The van der Waals surface area contributed by atoms with Crippen LogP contribution in [0.1, 0.15) is 11.1 Å². The highest BCUT2D eigenvalue weighted by molar-refractivity contribution is 6.30. The van der Waals surface area contributed by atoms with E-state index in [9.17, 15) is 19.7 Å². The van der Waals surface area contributed by atoms with Crippen LogP contribution in [-0.4, -0.2) is 16.7 Å². The molecule has 3 rings (SSSR count). The van der Waals surface area contributed by atoms with Gasteiger partial charge >= 0.3 is 0 Å². The van der Waals surface area contributed by atoms with Crippen molar-refractivity contribution in [2.75, 3.05) is 10.6 Å². The molecule has 0 fully saturated rings. The van der Waals surface area contributed by atoms with Crippen molar-refractivity contribution in [2.24, 2.45) is 0 Å². The van der Waals surface area contributed by atoms with Crippen molar-refractivity contribution in [3.05, 3.63) is 98.0 Å². The van der Waals surface area contributed by atoms with Crippen LogP contribution in [0.25, 0.3) is 0 Å². The summed E-state index contributed by atoms with van der Waals surface area (Å²) < 4.78 is 0. The quantitative estimate of drug-likeness (QED) is 0.372. The Kier molecular flexibility index (Phi) is 7.23. The van der Waals surface area contributed by atoms with Crippen molar-refractivity contribution in [3.63, 3.8) is 0 Å². The van der Waals surface area contributed by atoms with Crippen LogP contribution >= 0.6 is 23.2 Å². The molecule has 0 bridgehead atoms. The minimum absolute atomic E-state index is 0.00624. The second-order valence-electron chi connectivity index (χ2n) is 6.69. The molecular weight excluding hydrogens is 441 g/mol. The Balaban J connectivity index is 1.71. The van der Waals surface area contributed by atoms with Crippen LogP contribution in [0.15, 0.2) is 66.7 Å². The zero-order valence-corrected chi connectivity index (χ0v) is 17.6. The fourth-order valence-corrected chi connectivity index (χ4v) is 3.10. The van der Waals surface area contributed by atoms with Gasteiger partial charge in [0.1, 0.15) is 5.69 Å². The molecule has 0 unspecified atom stereocenters. The lowest BCUT2D eigenvalue weighted by Gasteiger charge is -2.10. The second-order valence-corrected chi connectivity index (χ2v) is 7.56. The van der Waals surface area contributed by atoms with E-state index >= 15 is 0 Å². The molecule has 9 heteroatoms. The second kappa shape index (κ2) is 10.1. The molecule has 0 heterocycles. The monoisotopic (exact) mass is 457 g/mol. The number of hydrogen-bond acceptors (Lipinski definition) is 4. The first-order chi connectivity index (χ1) is 14.8. The first kappa shape index (κ1) is 22.3. The van der Waals surface area contributed by atoms with Gasteiger partial charge in [-0.3, -0.25) is 19.7 Å². The molecule has 2 N–H and O–H groups in total. The van der Waals surface area contributed by atoms with E-state index in [2.05, 4.69) is 10.6 Å². The lowest BCUT2D eigenvalue weighted by molar-refractivity contribution is -0.383. The maximum absolute atomic E-state index is 12.4. The summed E-state index contributed by atoms with van der Waals surface area (Å²) in [5.41, 5.74) is 1.51. The van der Waals surface area contributed by atoms with Gasteiger partial charge in [0.05, 0.1) is 17.8 Å². The van der Waals surface area contributed by atoms with Crippen molar-refractivity contribution >= 4 is 52.1 Å². The van der Waals surface area contributed by atoms with Gasteiger partial charge in [-0.05, 0) is 47.5 Å². The molecule has 0 aliphatic carbocycles. The normalized spacial score (nSPS) is 10.4. The molecule has 0 spiro atoms. The number of nitrogens with zero attached hydrogens (tertiary/aromatic N) is 1. The van der Waals surface area contributed by atoms with E-state index in [0.717, 1.165) is 5.56 Å². The topological polar surface area (TPSA) is 101 Å². The van der Waals surface area contributed by atoms with Gasteiger partial charge in [-0.2, -0.15) is 0 Å². The third kappa shape index (κ3) is 6.53. The van der Waals surface area contributed by atoms with Gasteiger partial charge in [-0.1, -0.05) is 47.5 Å². The maximum Gasteiger partial charge on any atom is 0.292 e. The predicted octanol–water partition coefficient (Wildman–Crippen LogP) is 5.26. The number of nitro groups is 1. The van der Waals surface area contributed by atoms with Crippen LogP contribution in [0, 0.1) is 10.1 Å². The predicted molar refractivity (Wildman–Crippen MR) is 121 cm³/mol. The summed E-state index contributed by atoms with van der Waals surface area (Å²) in [6.07, 6.45) is 0.119. The number of carbonyl (C=O) groups excluding carboxylic acids is 2. The molecule has 158 valence electrons. The van der Waals surface area contributed by atoms with Crippen molar-refractivity contribution in [3.8, 4) is 0 Å². The third-order valence-corrected chi connectivity index (χ3v) is 4.81. The van der Waals surface area contributed by atoms with Gasteiger partial charge in [0.2, 0.25) is 11.8 Å². The lowest BCUT2D eigenvalue weighted by Crippen LogP contribution is -2.17. The summed E-state index contributed by atoms with van der Waals surface area (Å²) in [5, 5.41) is 17.7. The summed E-state index contributed by atoms with van der Waals surface area (Å²) in [7, 11) is 0. The van der Waals surface area contributed by atoms with Crippen molar-refractivity contribution in [2.45, 2.75) is 12.8 Å². The Morgan fingerprint density at radius 1 is 0.774 bits per heavy atom. The fourth-order valence-electron chi connectivity index (χ4n) is 2.85. The minimum Gasteiger partial charge on any atom is -0.326 e. The fraction of sp³-hybridized carbons (Fsp3) is 0.0909. The number of anilines is 2. The molecule has 0 saturated heterocycles. The number of carbonyl (C=O) groups is 2. The molecule has 0 aliphatic rings. The van der Waals surface area contributed by atoms with Crippen LogP contribution in [0.5, 0.6) is 0 Å². The number of rotatable bonds is 7. The van der Waals surface area contributed by atoms with Gasteiger partial charge in [0.15, 0.2) is 0 Å². The molecule has 7 nitrogen and oxygen atoms in total. The molecule has 0 aliphatic heterocycles. The Morgan fingerprint density at radius 3 is 1.74 bits per heavy atom. The molecule has 31 heavy (non-hydrogen) atoms. The highest BCUT2D eigenvalue weighted by atomic mass is 35.5. The molecule has 0 radical (unpaired) electrons. The SMILES string of the molecule is O=C(Cc1ccc(Cl)cc1)Nc1ccc([N+](=O)[O-])c(NC(=O)Cc2ccc(Cl)cc2)c1. The standard InChI is InChI=1S/C22H17Cl2N3O4/c23-16-5-1-14(2-6-16)11-21(28)25-18-9-10-20(27(30)31)19(13-18)26-22(29)12-15-3-7-17(24)8-4-15/h1-10,13H,11-12H2,(H,25,28)(H,26,29). The third-order valence-electron chi connectivity index (χ3n) is 4.31. The van der Waals surface area contributed by atoms with Gasteiger partial charge in [0.25, 0.3) is 5.69 Å². The van der Waals surface area contributed by atoms with Crippen molar-refractivity contribution in [1.29, 1.82) is 0 Å². The highest BCUT2D eigenvalue weighted by Crippen LogP contribution is 2.28. The number of nitrogens with one attached hydrogen (secondary N) is 2. The van der Waals surface area contributed by atoms with Gasteiger partial charge in [-0.25, -0.2) is 0 Å². The lowest BCUT2D eigenvalue weighted by atomic mass is 10.1. The van der Waals surface area contributed by atoms with E-state index in [4.69, 9.17) is 23.2 Å². The molecule has 0 saturated carbocycles. The molecule has 0 aromatic heterocycles. The van der Waals surface area contributed by atoms with Crippen LogP contribution in [0.3, 0.4) is 0 Å². The highest BCUT2D eigenvalue weighted by Gasteiger charge is 2.17. The summed E-state index contributed by atoms with van der Waals surface area (Å²) in [6.45, 7) is 0. The van der Waals surface area contributed by atoms with E-state index in [0.29, 0.717) is 21.3 Å². The average molecular weight is 458 g/mol. The summed E-state index contributed by atoms with van der Waals surface area (Å²) in [6, 6.07) is 17.6. The van der Waals surface area contributed by atoms with Gasteiger partial charge in [0, 0.05) is 21.8 Å². The van der Waals surface area contributed by atoms with Crippen LogP contribution < -0.4 is 10.6 Å². The Morgan fingerprint density at radius 2 is 1.26 bits per heavy atom. The van der Waals surface area contributed by atoms with E-state index < -0.39 is 10.8 Å². The molecule has 3 aromatic carbocycles. The van der Waals surface area contributed by atoms with Gasteiger partial charge in [-0.15, -0.1) is 0 Å². The first-order valence-corrected chi connectivity index (χ1v) is 9.93. The number of amides is 2. The Hall–Kier alpha value is -3.42. The first-order valence-electron chi connectivity index (χ1n) is 9.17. The zero-order valence-electron chi connectivity index (χ0n) is 16.1. The van der Waals surface area contributed by atoms with E-state index in [1.54, 1.807) is 48.5 Å². The van der Waals surface area contributed by atoms with Crippen LogP contribution in [0.2, 0.25) is 10.0 Å². The summed E-state index contributed by atoms with van der Waals surface area (Å²) >= 11 is 11.7. The number of nitro benzene ring substituents is 1. The largest absolute Gasteiger partial charge is 0.326 e. The van der Waals surface area contributed by atoms with E-state index in [1.165, 1.54) is 18.2 Å². The molecule has 0 atom stereocenters. The van der Waals surface area contributed by atoms with E-state index in [1.807, 2.05) is 0 Å². The van der Waals surface area contributed by atoms with Crippen LogP contribution in [-0.2, 0) is 22.4 Å². The summed E-state index contributed by atoms with van der Waals surface area (Å²) in [4.78, 5) is 35.4.